The van der Waals surface area contributed by atoms with Crippen molar-refractivity contribution in [1.82, 2.24) is 4.98 Å². The van der Waals surface area contributed by atoms with E-state index in [4.69, 9.17) is 10.5 Å². The Labute approximate surface area is 108 Å². The van der Waals surface area contributed by atoms with Gasteiger partial charge in [0, 0.05) is 6.07 Å². The topological polar surface area (TPSA) is 48.1 Å². The number of ether oxygens (including phenoxy) is 1. The van der Waals surface area contributed by atoms with E-state index in [2.05, 4.69) is 24.9 Å². The van der Waals surface area contributed by atoms with Gasteiger partial charge in [-0.1, -0.05) is 32.0 Å². The molecule has 0 aliphatic heterocycles. The van der Waals surface area contributed by atoms with Gasteiger partial charge in [0.2, 0.25) is 5.88 Å². The van der Waals surface area contributed by atoms with E-state index in [-0.39, 0.29) is 0 Å². The molecule has 0 fully saturated rings. The van der Waals surface area contributed by atoms with Crippen molar-refractivity contribution in [1.29, 1.82) is 0 Å². The van der Waals surface area contributed by atoms with Gasteiger partial charge in [-0.15, -0.1) is 0 Å². The number of aromatic nitrogens is 1. The molecule has 0 unspecified atom stereocenters. The lowest BCUT2D eigenvalue weighted by molar-refractivity contribution is 0.453. The minimum atomic E-state index is 0.413. The molecule has 0 amide bonds. The van der Waals surface area contributed by atoms with Gasteiger partial charge in [-0.25, -0.2) is 4.98 Å². The highest BCUT2D eigenvalue weighted by Crippen LogP contribution is 2.29. The van der Waals surface area contributed by atoms with Crippen LogP contribution in [0.25, 0.3) is 0 Å². The summed E-state index contributed by atoms with van der Waals surface area (Å²) in [6.07, 6.45) is 0. The van der Waals surface area contributed by atoms with Gasteiger partial charge in [-0.2, -0.15) is 0 Å². The standard InChI is InChI=1S/C15H18N2O/c1-10(2)12-6-4-5-7-14(12)18-15-9-8-13(16)11(3)17-15/h4-10H,16H2,1-3H3. The smallest absolute Gasteiger partial charge is 0.219 e. The van der Waals surface area contributed by atoms with Crippen LogP contribution in [-0.4, -0.2) is 4.98 Å². The number of anilines is 1. The maximum absolute atomic E-state index is 5.84. The van der Waals surface area contributed by atoms with E-state index in [1.54, 1.807) is 6.07 Å². The predicted octanol–water partition coefficient (Wildman–Crippen LogP) is 3.89. The molecule has 1 heterocycles. The number of para-hydroxylation sites is 1. The minimum Gasteiger partial charge on any atom is -0.439 e. The molecule has 1 aromatic carbocycles. The molecule has 1 aromatic heterocycles. The minimum absolute atomic E-state index is 0.413. The highest BCUT2D eigenvalue weighted by molar-refractivity contribution is 5.45. The molecule has 3 heteroatoms. The van der Waals surface area contributed by atoms with E-state index in [0.717, 1.165) is 11.4 Å². The first-order chi connectivity index (χ1) is 8.58. The third kappa shape index (κ3) is 2.62. The Morgan fingerprint density at radius 1 is 1.11 bits per heavy atom. The van der Waals surface area contributed by atoms with Gasteiger partial charge in [0.25, 0.3) is 0 Å². The van der Waals surface area contributed by atoms with Gasteiger partial charge < -0.3 is 10.5 Å². The molecule has 2 rings (SSSR count). The molecule has 0 bridgehead atoms. The molecule has 94 valence electrons. The van der Waals surface area contributed by atoms with Crippen LogP contribution in [0.3, 0.4) is 0 Å². The quantitative estimate of drug-likeness (QED) is 0.888. The molecule has 0 saturated heterocycles. The van der Waals surface area contributed by atoms with Gasteiger partial charge in [0.1, 0.15) is 5.75 Å². The first kappa shape index (κ1) is 12.4. The number of pyridine rings is 1. The van der Waals surface area contributed by atoms with Crippen LogP contribution in [0, 0.1) is 6.92 Å². The Bertz CT molecular complexity index is 550. The fraction of sp³-hybridized carbons (Fsp3) is 0.267. The molecule has 0 atom stereocenters. The monoisotopic (exact) mass is 242 g/mol. The molecule has 18 heavy (non-hydrogen) atoms. The second-order valence-electron chi connectivity index (χ2n) is 4.62. The summed E-state index contributed by atoms with van der Waals surface area (Å²) in [6, 6.07) is 11.6. The zero-order valence-corrected chi connectivity index (χ0v) is 11.0. The second kappa shape index (κ2) is 5.08. The fourth-order valence-corrected chi connectivity index (χ4v) is 1.77. The number of hydrogen-bond acceptors (Lipinski definition) is 3. The molecule has 0 radical (unpaired) electrons. The van der Waals surface area contributed by atoms with Crippen LogP contribution in [0.2, 0.25) is 0 Å². The number of aryl methyl sites for hydroxylation is 1. The van der Waals surface area contributed by atoms with Gasteiger partial charge in [-0.05, 0) is 30.5 Å². The van der Waals surface area contributed by atoms with Crippen molar-refractivity contribution in [3.05, 3.63) is 47.7 Å². The number of rotatable bonds is 3. The van der Waals surface area contributed by atoms with Crippen molar-refractivity contribution in [3.8, 4) is 11.6 Å². The molecule has 0 saturated carbocycles. The summed E-state index contributed by atoms with van der Waals surface area (Å²) >= 11 is 0. The van der Waals surface area contributed by atoms with Crippen LogP contribution in [-0.2, 0) is 0 Å². The molecule has 0 aliphatic carbocycles. The lowest BCUT2D eigenvalue weighted by Gasteiger charge is -2.13. The lowest BCUT2D eigenvalue weighted by atomic mass is 10.0. The first-order valence-corrected chi connectivity index (χ1v) is 6.08. The van der Waals surface area contributed by atoms with E-state index >= 15 is 0 Å². The highest BCUT2D eigenvalue weighted by Gasteiger charge is 2.08. The summed E-state index contributed by atoms with van der Waals surface area (Å²) in [4.78, 5) is 4.32. The van der Waals surface area contributed by atoms with Crippen molar-refractivity contribution in [2.45, 2.75) is 26.7 Å². The maximum Gasteiger partial charge on any atom is 0.219 e. The van der Waals surface area contributed by atoms with Crippen LogP contribution in [0.5, 0.6) is 11.6 Å². The van der Waals surface area contributed by atoms with Crippen LogP contribution in [0.4, 0.5) is 5.69 Å². The molecule has 0 spiro atoms. The van der Waals surface area contributed by atoms with E-state index in [0.29, 0.717) is 17.5 Å². The summed E-state index contributed by atoms with van der Waals surface area (Å²) < 4.78 is 5.84. The van der Waals surface area contributed by atoms with Crippen LogP contribution >= 0.6 is 0 Å². The zero-order valence-electron chi connectivity index (χ0n) is 11.0. The fourth-order valence-electron chi connectivity index (χ4n) is 1.77. The van der Waals surface area contributed by atoms with Crippen molar-refractivity contribution in [2.75, 3.05) is 5.73 Å². The van der Waals surface area contributed by atoms with Gasteiger partial charge in [0.05, 0.1) is 11.4 Å². The SMILES string of the molecule is Cc1nc(Oc2ccccc2C(C)C)ccc1N. The summed E-state index contributed by atoms with van der Waals surface area (Å²) in [7, 11) is 0. The number of benzene rings is 1. The van der Waals surface area contributed by atoms with E-state index in [1.807, 2.05) is 31.2 Å². The normalized spacial score (nSPS) is 10.7. The lowest BCUT2D eigenvalue weighted by Crippen LogP contribution is -1.97. The molecule has 2 N–H and O–H groups in total. The average Bonchev–Trinajstić information content (AvgIpc) is 2.34. The van der Waals surface area contributed by atoms with Crippen molar-refractivity contribution in [3.63, 3.8) is 0 Å². The first-order valence-electron chi connectivity index (χ1n) is 6.08. The number of hydrogen-bond donors (Lipinski definition) is 1. The van der Waals surface area contributed by atoms with E-state index < -0.39 is 0 Å². The maximum atomic E-state index is 5.84. The van der Waals surface area contributed by atoms with Gasteiger partial charge >= 0.3 is 0 Å². The predicted molar refractivity (Wildman–Crippen MR) is 74.0 cm³/mol. The Kier molecular flexibility index (Phi) is 3.51. The Balaban J connectivity index is 2.31. The Morgan fingerprint density at radius 3 is 2.50 bits per heavy atom. The van der Waals surface area contributed by atoms with Crippen molar-refractivity contribution < 1.29 is 4.74 Å². The van der Waals surface area contributed by atoms with Gasteiger partial charge in [0.15, 0.2) is 0 Å². The van der Waals surface area contributed by atoms with Gasteiger partial charge in [-0.3, -0.25) is 0 Å². The van der Waals surface area contributed by atoms with Crippen molar-refractivity contribution >= 4 is 5.69 Å². The van der Waals surface area contributed by atoms with Crippen LogP contribution in [0.15, 0.2) is 36.4 Å². The third-order valence-electron chi connectivity index (χ3n) is 2.86. The average molecular weight is 242 g/mol. The summed E-state index contributed by atoms with van der Waals surface area (Å²) in [5.74, 6) is 1.84. The molecule has 3 nitrogen and oxygen atoms in total. The molecular formula is C15H18N2O. The van der Waals surface area contributed by atoms with E-state index in [1.165, 1.54) is 5.56 Å². The summed E-state index contributed by atoms with van der Waals surface area (Å²) in [5, 5.41) is 0. The van der Waals surface area contributed by atoms with Crippen LogP contribution in [0.1, 0.15) is 31.0 Å². The zero-order chi connectivity index (χ0) is 13.1. The second-order valence-corrected chi connectivity index (χ2v) is 4.62. The largest absolute Gasteiger partial charge is 0.439 e. The molecule has 0 aliphatic rings. The number of nitrogens with two attached hydrogens (primary N) is 1. The molecular weight excluding hydrogens is 224 g/mol. The number of nitrogens with zero attached hydrogens (tertiary/aromatic N) is 1. The summed E-state index contributed by atoms with van der Waals surface area (Å²) in [6.45, 7) is 6.16. The van der Waals surface area contributed by atoms with Crippen molar-refractivity contribution in [2.24, 2.45) is 0 Å². The molecule has 2 aromatic rings. The highest BCUT2D eigenvalue weighted by atomic mass is 16.5. The Hall–Kier alpha value is -2.03. The summed E-state index contributed by atoms with van der Waals surface area (Å²) in [5.41, 5.74) is 8.38. The third-order valence-corrected chi connectivity index (χ3v) is 2.86. The Morgan fingerprint density at radius 2 is 1.83 bits per heavy atom. The van der Waals surface area contributed by atoms with Crippen LogP contribution < -0.4 is 10.5 Å². The van der Waals surface area contributed by atoms with E-state index in [9.17, 15) is 0 Å². The number of nitrogen functional groups attached to an aromatic ring is 1.